The van der Waals surface area contributed by atoms with Crippen LogP contribution < -0.4 is 9.46 Å². The van der Waals surface area contributed by atoms with Crippen LogP contribution >= 0.6 is 11.6 Å². The van der Waals surface area contributed by atoms with Crippen molar-refractivity contribution in [3.05, 3.63) is 95.0 Å². The van der Waals surface area contributed by atoms with Crippen LogP contribution in [-0.2, 0) is 25.2 Å². The Kier molecular flexibility index (Phi) is 8.54. The first-order chi connectivity index (χ1) is 18.7. The molecule has 0 aromatic heterocycles. The van der Waals surface area contributed by atoms with E-state index in [9.17, 15) is 18.3 Å². The van der Waals surface area contributed by atoms with Crippen LogP contribution in [0.15, 0.2) is 93.9 Å². The number of nitrogens with one attached hydrogen (secondary N) is 1. The number of rotatable bonds is 8. The number of ether oxygens (including phenoxy) is 2. The minimum Gasteiger partial charge on any atom is -0.497 e. The van der Waals surface area contributed by atoms with Crippen LogP contribution in [0.1, 0.15) is 18.1 Å². The zero-order valence-electron chi connectivity index (χ0n) is 21.2. The van der Waals surface area contributed by atoms with Gasteiger partial charge in [-0.15, -0.1) is 0 Å². The molecule has 1 atom stereocenters. The number of carbonyl (C=O) groups excluding carboxylic acids is 1. The molecular weight excluding hydrogens is 544 g/mol. The fraction of sp³-hybridized carbons (Fsp3) is 0.222. The largest absolute Gasteiger partial charge is 0.497 e. The Morgan fingerprint density at radius 3 is 2.38 bits per heavy atom. The third-order valence-corrected chi connectivity index (χ3v) is 7.46. The van der Waals surface area contributed by atoms with Gasteiger partial charge in [0.2, 0.25) is 5.96 Å². The van der Waals surface area contributed by atoms with Gasteiger partial charge in [-0.2, -0.15) is 5.10 Å². The SMILES string of the molecule is CCOC(=O)CN=C(NS(=O)(=O)c1ccc(Cl)cc1)N1CC(O)(c2ccccc2)C(c2ccc(OC)cc2)=N1. The molecule has 1 heterocycles. The highest BCUT2D eigenvalue weighted by Gasteiger charge is 2.45. The van der Waals surface area contributed by atoms with Crippen molar-refractivity contribution in [2.75, 3.05) is 26.8 Å². The first-order valence-electron chi connectivity index (χ1n) is 11.9. The summed E-state index contributed by atoms with van der Waals surface area (Å²) in [5.74, 6) is -0.307. The number of aliphatic imine (C=N–C) groups is 1. The summed E-state index contributed by atoms with van der Waals surface area (Å²) in [6, 6.07) is 21.3. The summed E-state index contributed by atoms with van der Waals surface area (Å²) in [7, 11) is -2.62. The van der Waals surface area contributed by atoms with Gasteiger partial charge in [0, 0.05) is 10.6 Å². The van der Waals surface area contributed by atoms with Crippen LogP contribution in [0.3, 0.4) is 0 Å². The van der Waals surface area contributed by atoms with Crippen molar-refractivity contribution in [1.82, 2.24) is 9.73 Å². The predicted octanol–water partition coefficient (Wildman–Crippen LogP) is 3.15. The smallest absolute Gasteiger partial charge is 0.327 e. The molecule has 0 amide bonds. The van der Waals surface area contributed by atoms with E-state index in [2.05, 4.69) is 14.8 Å². The van der Waals surface area contributed by atoms with Crippen LogP contribution in [0.4, 0.5) is 0 Å². The number of halogens is 1. The van der Waals surface area contributed by atoms with E-state index in [1.807, 2.05) is 6.07 Å². The van der Waals surface area contributed by atoms with E-state index in [1.165, 1.54) is 29.3 Å². The van der Waals surface area contributed by atoms with E-state index < -0.39 is 28.1 Å². The van der Waals surface area contributed by atoms with Crippen molar-refractivity contribution < 1.29 is 27.8 Å². The second-order valence-electron chi connectivity index (χ2n) is 8.47. The van der Waals surface area contributed by atoms with E-state index in [0.717, 1.165) is 0 Å². The summed E-state index contributed by atoms with van der Waals surface area (Å²) >= 11 is 5.92. The summed E-state index contributed by atoms with van der Waals surface area (Å²) in [4.78, 5) is 16.2. The number of hydrogen-bond donors (Lipinski definition) is 2. The van der Waals surface area contributed by atoms with E-state index in [4.69, 9.17) is 21.1 Å². The average molecular weight is 571 g/mol. The summed E-state index contributed by atoms with van der Waals surface area (Å²) in [5, 5.41) is 18.2. The molecule has 0 aliphatic carbocycles. The van der Waals surface area contributed by atoms with Gasteiger partial charge in [0.1, 0.15) is 18.0 Å². The number of guanidine groups is 1. The molecule has 39 heavy (non-hydrogen) atoms. The van der Waals surface area contributed by atoms with Gasteiger partial charge in [-0.25, -0.2) is 23.1 Å². The molecule has 1 aliphatic rings. The third kappa shape index (κ3) is 6.39. The maximum absolute atomic E-state index is 13.2. The van der Waals surface area contributed by atoms with E-state index in [-0.39, 0.29) is 29.7 Å². The molecule has 0 spiro atoms. The van der Waals surface area contributed by atoms with Crippen molar-refractivity contribution in [2.24, 2.45) is 10.1 Å². The lowest BCUT2D eigenvalue weighted by Gasteiger charge is -2.26. The topological polar surface area (TPSA) is 130 Å². The minimum atomic E-state index is -4.17. The lowest BCUT2D eigenvalue weighted by molar-refractivity contribution is -0.141. The highest BCUT2D eigenvalue weighted by atomic mass is 35.5. The number of nitrogens with zero attached hydrogens (tertiary/aromatic N) is 3. The first-order valence-corrected chi connectivity index (χ1v) is 13.8. The molecule has 0 radical (unpaired) electrons. The zero-order valence-corrected chi connectivity index (χ0v) is 22.8. The second kappa shape index (κ2) is 11.9. The molecule has 3 aromatic carbocycles. The fourth-order valence-corrected chi connectivity index (χ4v) is 5.09. The van der Waals surface area contributed by atoms with Crippen molar-refractivity contribution in [3.8, 4) is 5.75 Å². The van der Waals surface area contributed by atoms with Crippen molar-refractivity contribution in [2.45, 2.75) is 17.4 Å². The number of esters is 1. The van der Waals surface area contributed by atoms with Crippen molar-refractivity contribution >= 4 is 39.3 Å². The van der Waals surface area contributed by atoms with Crippen LogP contribution in [-0.4, -0.2) is 63.0 Å². The lowest BCUT2D eigenvalue weighted by atomic mass is 9.86. The molecule has 12 heteroatoms. The van der Waals surface area contributed by atoms with Gasteiger partial charge in [-0.05, 0) is 61.0 Å². The van der Waals surface area contributed by atoms with Crippen LogP contribution in [0.5, 0.6) is 5.75 Å². The summed E-state index contributed by atoms with van der Waals surface area (Å²) in [6.45, 7) is 1.12. The zero-order chi connectivity index (χ0) is 28.0. The van der Waals surface area contributed by atoms with Gasteiger partial charge in [-0.1, -0.05) is 41.9 Å². The van der Waals surface area contributed by atoms with Crippen LogP contribution in [0.2, 0.25) is 5.02 Å². The summed E-state index contributed by atoms with van der Waals surface area (Å²) in [5.41, 5.74) is -0.278. The molecular formula is C27H27ClN4O6S. The number of methoxy groups -OCH3 is 1. The van der Waals surface area contributed by atoms with Gasteiger partial charge >= 0.3 is 5.97 Å². The number of aliphatic hydroxyl groups is 1. The molecule has 2 N–H and O–H groups in total. The number of hydrazone groups is 1. The quantitative estimate of drug-likeness (QED) is 0.242. The van der Waals surface area contributed by atoms with E-state index >= 15 is 0 Å². The van der Waals surface area contributed by atoms with Crippen LogP contribution in [0, 0.1) is 0 Å². The minimum absolute atomic E-state index is 0.0763. The van der Waals surface area contributed by atoms with E-state index in [1.54, 1.807) is 62.6 Å². The van der Waals surface area contributed by atoms with Gasteiger partial charge in [0.05, 0.1) is 25.2 Å². The monoisotopic (exact) mass is 570 g/mol. The molecule has 1 aliphatic heterocycles. The third-order valence-electron chi connectivity index (χ3n) is 5.86. The molecule has 1 unspecified atom stereocenters. The van der Waals surface area contributed by atoms with Gasteiger partial charge in [-0.3, -0.25) is 4.79 Å². The Labute approximate surface area is 231 Å². The highest BCUT2D eigenvalue weighted by Crippen LogP contribution is 2.33. The summed E-state index contributed by atoms with van der Waals surface area (Å²) in [6.07, 6.45) is 0. The Balaban J connectivity index is 1.78. The average Bonchev–Trinajstić information content (AvgIpc) is 3.30. The number of benzene rings is 3. The number of sulfonamides is 1. The Morgan fingerprint density at radius 2 is 1.77 bits per heavy atom. The standard InChI is InChI=1S/C27H27ClN4O6S/c1-3-38-24(33)17-29-26(31-39(35,36)23-15-11-21(28)12-16-23)32-18-27(34,20-7-5-4-6-8-20)25(30-32)19-9-13-22(37-2)14-10-19/h4-16,34H,3,17-18H2,1-2H3,(H,29,31). The predicted molar refractivity (Wildman–Crippen MR) is 147 cm³/mol. The van der Waals surface area contributed by atoms with Gasteiger partial charge < -0.3 is 14.6 Å². The molecule has 0 bridgehead atoms. The molecule has 0 saturated heterocycles. The maximum Gasteiger partial charge on any atom is 0.327 e. The molecule has 4 rings (SSSR count). The van der Waals surface area contributed by atoms with Crippen LogP contribution in [0.25, 0.3) is 0 Å². The van der Waals surface area contributed by atoms with Gasteiger partial charge in [0.15, 0.2) is 5.60 Å². The van der Waals surface area contributed by atoms with Gasteiger partial charge in [0.25, 0.3) is 10.0 Å². The number of hydrogen-bond acceptors (Lipinski definition) is 8. The van der Waals surface area contributed by atoms with E-state index in [0.29, 0.717) is 21.9 Å². The molecule has 3 aromatic rings. The highest BCUT2D eigenvalue weighted by molar-refractivity contribution is 7.90. The number of β-amino-alcohol motifs (C(OH)–C–C–N with tert-alkyl or cyclic N) is 1. The molecule has 10 nitrogen and oxygen atoms in total. The fourth-order valence-electron chi connectivity index (χ4n) is 3.95. The normalized spacial score (nSPS) is 17.5. The second-order valence-corrected chi connectivity index (χ2v) is 10.6. The first kappa shape index (κ1) is 28.1. The molecule has 204 valence electrons. The molecule has 0 fully saturated rings. The maximum atomic E-state index is 13.2. The molecule has 0 saturated carbocycles. The van der Waals surface area contributed by atoms with Crippen molar-refractivity contribution in [3.63, 3.8) is 0 Å². The number of carbonyl (C=O) groups is 1. The Morgan fingerprint density at radius 1 is 1.10 bits per heavy atom. The summed E-state index contributed by atoms with van der Waals surface area (Å²) < 4.78 is 39.1. The lowest BCUT2D eigenvalue weighted by Crippen LogP contribution is -2.45. The Hall–Kier alpha value is -3.93. The Bertz CT molecular complexity index is 1480. The van der Waals surface area contributed by atoms with Crippen molar-refractivity contribution in [1.29, 1.82) is 0 Å².